The van der Waals surface area contributed by atoms with E-state index in [4.69, 9.17) is 16.3 Å². The Morgan fingerprint density at radius 1 is 1.35 bits per heavy atom. The van der Waals surface area contributed by atoms with Crippen LogP contribution in [0.25, 0.3) is 0 Å². The zero-order valence-corrected chi connectivity index (χ0v) is 9.93. The molecule has 1 aromatic heterocycles. The maximum absolute atomic E-state index is 11.0. The molecular weight excluding hydrogens is 242 g/mol. The molecule has 0 N–H and O–H groups in total. The van der Waals surface area contributed by atoms with Crippen LogP contribution in [-0.2, 0) is 4.74 Å². The van der Waals surface area contributed by atoms with Crippen LogP contribution in [-0.4, -0.2) is 41.6 Å². The number of morpholine rings is 1. The molecule has 6 heteroatoms. The monoisotopic (exact) mass is 253 g/mol. The van der Waals surface area contributed by atoms with E-state index in [-0.39, 0.29) is 17.4 Å². The maximum Gasteiger partial charge on any atom is 0.156 e. The number of aromatic nitrogens is 2. The number of ether oxygens (including phenoxy) is 1. The Morgan fingerprint density at radius 3 is 2.71 bits per heavy atom. The molecule has 1 aromatic rings. The van der Waals surface area contributed by atoms with Crippen LogP contribution in [0.2, 0.25) is 5.15 Å². The molecule has 0 aromatic carbocycles. The number of aldehydes is 1. The normalized spacial score (nSPS) is 27.2. The molecule has 2 aliphatic heterocycles. The summed E-state index contributed by atoms with van der Waals surface area (Å²) in [4.78, 5) is 21.1. The number of fused-ring (bicyclic) bond motifs is 2. The van der Waals surface area contributed by atoms with Gasteiger partial charge in [0, 0.05) is 13.1 Å². The second-order valence-electron chi connectivity index (χ2n) is 4.38. The molecule has 90 valence electrons. The fourth-order valence-corrected chi connectivity index (χ4v) is 2.68. The van der Waals surface area contributed by atoms with E-state index in [9.17, 15) is 4.79 Å². The summed E-state index contributed by atoms with van der Waals surface area (Å²) < 4.78 is 5.75. The van der Waals surface area contributed by atoms with Gasteiger partial charge in [0.15, 0.2) is 6.29 Å². The van der Waals surface area contributed by atoms with Crippen LogP contribution in [0.5, 0.6) is 0 Å². The molecule has 0 spiro atoms. The first-order valence-electron chi connectivity index (χ1n) is 5.64. The zero-order valence-electron chi connectivity index (χ0n) is 9.17. The summed E-state index contributed by atoms with van der Waals surface area (Å²) >= 11 is 5.90. The fraction of sp³-hybridized carbons (Fsp3) is 0.545. The van der Waals surface area contributed by atoms with Crippen molar-refractivity contribution in [2.75, 3.05) is 18.0 Å². The Balaban J connectivity index is 1.94. The Bertz CT molecular complexity index is 442. The average Bonchev–Trinajstić information content (AvgIpc) is 2.68. The summed E-state index contributed by atoms with van der Waals surface area (Å²) in [6, 6.07) is 0. The largest absolute Gasteiger partial charge is 0.371 e. The molecule has 2 aliphatic rings. The van der Waals surface area contributed by atoms with Crippen LogP contribution < -0.4 is 4.90 Å². The summed E-state index contributed by atoms with van der Waals surface area (Å²) in [6.45, 7) is 1.54. The van der Waals surface area contributed by atoms with Crippen molar-refractivity contribution in [1.82, 2.24) is 9.97 Å². The molecule has 0 radical (unpaired) electrons. The SMILES string of the molecule is O=Cc1c(Cl)ncnc1N1CC2CCC(C1)O2. The fourth-order valence-electron chi connectivity index (χ4n) is 2.51. The molecule has 3 heterocycles. The number of nitrogens with zero attached hydrogens (tertiary/aromatic N) is 3. The number of carbonyl (C=O) groups is 1. The van der Waals surface area contributed by atoms with Gasteiger partial charge in [-0.2, -0.15) is 0 Å². The van der Waals surface area contributed by atoms with Crippen molar-refractivity contribution in [1.29, 1.82) is 0 Å². The summed E-state index contributed by atoms with van der Waals surface area (Å²) in [5.41, 5.74) is 0.371. The predicted octanol–water partition coefficient (Wildman–Crippen LogP) is 1.31. The number of hydrogen-bond acceptors (Lipinski definition) is 5. The third kappa shape index (κ3) is 1.89. The van der Waals surface area contributed by atoms with Crippen LogP contribution in [0.3, 0.4) is 0 Å². The first kappa shape index (κ1) is 10.9. The number of hydrogen-bond donors (Lipinski definition) is 0. The lowest BCUT2D eigenvalue weighted by molar-refractivity contribution is 0.0301. The van der Waals surface area contributed by atoms with Crippen molar-refractivity contribution in [3.05, 3.63) is 17.0 Å². The highest BCUT2D eigenvalue weighted by Gasteiger charge is 2.35. The van der Waals surface area contributed by atoms with E-state index in [1.807, 2.05) is 0 Å². The van der Waals surface area contributed by atoms with Gasteiger partial charge in [-0.1, -0.05) is 11.6 Å². The van der Waals surface area contributed by atoms with E-state index in [1.54, 1.807) is 0 Å². The van der Waals surface area contributed by atoms with Crippen LogP contribution >= 0.6 is 11.6 Å². The lowest BCUT2D eigenvalue weighted by atomic mass is 10.2. The molecule has 5 nitrogen and oxygen atoms in total. The van der Waals surface area contributed by atoms with Crippen LogP contribution in [0.4, 0.5) is 5.82 Å². The van der Waals surface area contributed by atoms with Crippen molar-refractivity contribution in [3.8, 4) is 0 Å². The Hall–Kier alpha value is -1.20. The zero-order chi connectivity index (χ0) is 11.8. The highest BCUT2D eigenvalue weighted by atomic mass is 35.5. The molecule has 2 saturated heterocycles. The van der Waals surface area contributed by atoms with E-state index in [0.29, 0.717) is 11.4 Å². The van der Waals surface area contributed by atoms with E-state index >= 15 is 0 Å². The van der Waals surface area contributed by atoms with E-state index in [0.717, 1.165) is 32.2 Å². The van der Waals surface area contributed by atoms with Gasteiger partial charge in [0.25, 0.3) is 0 Å². The van der Waals surface area contributed by atoms with Gasteiger partial charge in [0.2, 0.25) is 0 Å². The first-order valence-corrected chi connectivity index (χ1v) is 6.02. The topological polar surface area (TPSA) is 55.3 Å². The van der Waals surface area contributed by atoms with Crippen molar-refractivity contribution in [2.45, 2.75) is 25.0 Å². The lowest BCUT2D eigenvalue weighted by Gasteiger charge is -2.33. The van der Waals surface area contributed by atoms with Gasteiger partial charge < -0.3 is 9.64 Å². The first-order chi connectivity index (χ1) is 8.28. The highest BCUT2D eigenvalue weighted by Crippen LogP contribution is 2.30. The quantitative estimate of drug-likeness (QED) is 0.588. The molecule has 0 saturated carbocycles. The standard InChI is InChI=1S/C11H12ClN3O2/c12-10-9(5-16)11(14-6-13-10)15-3-7-1-2-8(4-15)17-7/h5-8H,1-4H2. The van der Waals surface area contributed by atoms with Gasteiger partial charge in [-0.05, 0) is 12.8 Å². The molecule has 2 bridgehead atoms. The van der Waals surface area contributed by atoms with Crippen molar-refractivity contribution in [2.24, 2.45) is 0 Å². The van der Waals surface area contributed by atoms with E-state index in [1.165, 1.54) is 6.33 Å². The maximum atomic E-state index is 11.0. The smallest absolute Gasteiger partial charge is 0.156 e. The second-order valence-corrected chi connectivity index (χ2v) is 4.74. The van der Waals surface area contributed by atoms with Crippen LogP contribution in [0, 0.1) is 0 Å². The molecule has 0 aliphatic carbocycles. The minimum Gasteiger partial charge on any atom is -0.371 e. The third-order valence-corrected chi connectivity index (χ3v) is 3.58. The number of rotatable bonds is 2. The summed E-state index contributed by atoms with van der Waals surface area (Å²) in [7, 11) is 0. The minimum absolute atomic E-state index is 0.212. The molecule has 2 atom stereocenters. The van der Waals surface area contributed by atoms with E-state index in [2.05, 4.69) is 14.9 Å². The van der Waals surface area contributed by atoms with Crippen LogP contribution in [0.1, 0.15) is 23.2 Å². The second kappa shape index (κ2) is 4.23. The lowest BCUT2D eigenvalue weighted by Crippen LogP contribution is -2.43. The Kier molecular flexibility index (Phi) is 2.72. The average molecular weight is 254 g/mol. The number of anilines is 1. The minimum atomic E-state index is 0.212. The van der Waals surface area contributed by atoms with Gasteiger partial charge in [-0.15, -0.1) is 0 Å². The molecular formula is C11H12ClN3O2. The Morgan fingerprint density at radius 2 is 2.06 bits per heavy atom. The molecule has 0 amide bonds. The molecule has 2 unspecified atom stereocenters. The molecule has 17 heavy (non-hydrogen) atoms. The summed E-state index contributed by atoms with van der Waals surface area (Å²) in [5.74, 6) is 0.625. The van der Waals surface area contributed by atoms with Crippen molar-refractivity contribution < 1.29 is 9.53 Å². The summed E-state index contributed by atoms with van der Waals surface area (Å²) in [5, 5.41) is 0.212. The molecule has 2 fully saturated rings. The van der Waals surface area contributed by atoms with Gasteiger partial charge in [-0.25, -0.2) is 9.97 Å². The van der Waals surface area contributed by atoms with Gasteiger partial charge in [-0.3, -0.25) is 4.79 Å². The van der Waals surface area contributed by atoms with E-state index < -0.39 is 0 Å². The van der Waals surface area contributed by atoms with Gasteiger partial charge in [0.1, 0.15) is 17.3 Å². The summed E-state index contributed by atoms with van der Waals surface area (Å²) in [6.07, 6.45) is 4.77. The third-order valence-electron chi connectivity index (χ3n) is 3.28. The van der Waals surface area contributed by atoms with Crippen LogP contribution in [0.15, 0.2) is 6.33 Å². The highest BCUT2D eigenvalue weighted by molar-refractivity contribution is 6.32. The number of halogens is 1. The van der Waals surface area contributed by atoms with Crippen molar-refractivity contribution in [3.63, 3.8) is 0 Å². The number of carbonyl (C=O) groups excluding carboxylic acids is 1. The van der Waals surface area contributed by atoms with Gasteiger partial charge in [0.05, 0.1) is 17.8 Å². The van der Waals surface area contributed by atoms with Crippen molar-refractivity contribution >= 4 is 23.7 Å². The van der Waals surface area contributed by atoms with Gasteiger partial charge >= 0.3 is 0 Å². The Labute approximate surface area is 104 Å². The molecule has 3 rings (SSSR count). The predicted molar refractivity (Wildman–Crippen MR) is 62.5 cm³/mol.